The van der Waals surface area contributed by atoms with Crippen molar-refractivity contribution in [1.82, 2.24) is 0 Å². The van der Waals surface area contributed by atoms with E-state index in [1.54, 1.807) is 11.1 Å². The van der Waals surface area contributed by atoms with Gasteiger partial charge in [0.2, 0.25) is 0 Å². The lowest BCUT2D eigenvalue weighted by Crippen LogP contribution is -2.05. The van der Waals surface area contributed by atoms with Gasteiger partial charge in [-0.15, -0.1) is 0 Å². The molecule has 1 aliphatic rings. The predicted octanol–water partition coefficient (Wildman–Crippen LogP) is 5.25. The summed E-state index contributed by atoms with van der Waals surface area (Å²) in [6.07, 6.45) is 3.71. The third-order valence-electron chi connectivity index (χ3n) is 4.86. The summed E-state index contributed by atoms with van der Waals surface area (Å²) in [7, 11) is 0. The summed E-state index contributed by atoms with van der Waals surface area (Å²) in [4.78, 5) is 0. The van der Waals surface area contributed by atoms with E-state index in [2.05, 4.69) is 66.8 Å². The Labute approximate surface area is 132 Å². The second-order valence-corrected chi connectivity index (χ2v) is 6.20. The third kappa shape index (κ3) is 2.18. The van der Waals surface area contributed by atoms with Crippen LogP contribution in [0.25, 0.3) is 10.8 Å². The molecule has 4 rings (SSSR count). The van der Waals surface area contributed by atoms with Crippen LogP contribution in [0.4, 0.5) is 5.69 Å². The molecule has 1 aliphatic carbocycles. The van der Waals surface area contributed by atoms with E-state index in [1.165, 1.54) is 46.8 Å². The van der Waals surface area contributed by atoms with Crippen LogP contribution in [0.2, 0.25) is 0 Å². The maximum atomic E-state index is 3.72. The maximum absolute atomic E-state index is 3.72. The molecule has 0 bridgehead atoms. The normalized spacial score (nSPS) is 13.3. The molecule has 0 saturated carbocycles. The zero-order valence-electron chi connectivity index (χ0n) is 13.0. The van der Waals surface area contributed by atoms with Gasteiger partial charge in [0.1, 0.15) is 0 Å². The van der Waals surface area contributed by atoms with Crippen molar-refractivity contribution in [3.8, 4) is 0 Å². The molecule has 0 atom stereocenters. The molecule has 0 saturated heterocycles. The number of nitrogens with one attached hydrogen (secondary N) is 1. The minimum Gasteiger partial charge on any atom is -0.381 e. The monoisotopic (exact) mass is 287 g/mol. The minimum absolute atomic E-state index is 0.895. The van der Waals surface area contributed by atoms with E-state index >= 15 is 0 Å². The van der Waals surface area contributed by atoms with E-state index in [1.807, 2.05) is 0 Å². The molecule has 0 radical (unpaired) electrons. The van der Waals surface area contributed by atoms with Crippen molar-refractivity contribution in [1.29, 1.82) is 0 Å². The van der Waals surface area contributed by atoms with Crippen LogP contribution in [-0.4, -0.2) is 0 Å². The fourth-order valence-electron chi connectivity index (χ4n) is 3.78. The van der Waals surface area contributed by atoms with E-state index in [-0.39, 0.29) is 0 Å². The Bertz CT molecular complexity index is 818. The van der Waals surface area contributed by atoms with Gasteiger partial charge in [-0.25, -0.2) is 0 Å². The fourth-order valence-corrected chi connectivity index (χ4v) is 3.78. The molecule has 1 nitrogen and oxygen atoms in total. The van der Waals surface area contributed by atoms with Crippen molar-refractivity contribution in [2.75, 3.05) is 5.32 Å². The summed E-state index contributed by atoms with van der Waals surface area (Å²) in [5.74, 6) is 0. The highest BCUT2D eigenvalue weighted by molar-refractivity contribution is 5.95. The number of hydrogen-bond donors (Lipinski definition) is 1. The minimum atomic E-state index is 0.895. The van der Waals surface area contributed by atoms with Crippen LogP contribution < -0.4 is 5.32 Å². The van der Waals surface area contributed by atoms with Crippen molar-refractivity contribution in [2.45, 2.75) is 32.7 Å². The summed E-state index contributed by atoms with van der Waals surface area (Å²) in [5.41, 5.74) is 7.22. The van der Waals surface area contributed by atoms with Crippen LogP contribution in [0.5, 0.6) is 0 Å². The molecule has 3 aromatic carbocycles. The first-order valence-corrected chi connectivity index (χ1v) is 8.15. The van der Waals surface area contributed by atoms with Gasteiger partial charge in [-0.3, -0.25) is 0 Å². The Morgan fingerprint density at radius 3 is 2.32 bits per heavy atom. The zero-order chi connectivity index (χ0) is 14.9. The fraction of sp³-hybridized carbons (Fsp3) is 0.238. The van der Waals surface area contributed by atoms with Crippen molar-refractivity contribution < 1.29 is 0 Å². The van der Waals surface area contributed by atoms with Gasteiger partial charge >= 0.3 is 0 Å². The molecule has 0 fully saturated rings. The van der Waals surface area contributed by atoms with Crippen LogP contribution in [0.1, 0.15) is 28.7 Å². The van der Waals surface area contributed by atoms with Gasteiger partial charge in [0.15, 0.2) is 0 Å². The first kappa shape index (κ1) is 13.4. The summed E-state index contributed by atoms with van der Waals surface area (Å²) in [6, 6.07) is 19.5. The Morgan fingerprint density at radius 1 is 0.818 bits per heavy atom. The van der Waals surface area contributed by atoms with E-state index in [0.717, 1.165) is 6.54 Å². The highest BCUT2D eigenvalue weighted by Crippen LogP contribution is 2.39. The molecule has 0 unspecified atom stereocenters. The van der Waals surface area contributed by atoms with Gasteiger partial charge in [0, 0.05) is 12.2 Å². The number of rotatable bonds is 3. The second-order valence-electron chi connectivity index (χ2n) is 6.20. The largest absolute Gasteiger partial charge is 0.381 e. The number of hydrogen-bond acceptors (Lipinski definition) is 1. The molecule has 0 heterocycles. The number of aryl methyl sites for hydroxylation is 2. The number of benzene rings is 3. The van der Waals surface area contributed by atoms with Crippen LogP contribution in [-0.2, 0) is 19.4 Å². The summed E-state index contributed by atoms with van der Waals surface area (Å²) in [5, 5.41) is 6.58. The maximum Gasteiger partial charge on any atom is 0.0414 e. The summed E-state index contributed by atoms with van der Waals surface area (Å²) in [6.45, 7) is 3.15. The number of fused-ring (bicyclic) bond motifs is 3. The molecular weight excluding hydrogens is 266 g/mol. The number of anilines is 1. The third-order valence-corrected chi connectivity index (χ3v) is 4.86. The van der Waals surface area contributed by atoms with E-state index < -0.39 is 0 Å². The van der Waals surface area contributed by atoms with E-state index in [9.17, 15) is 0 Å². The molecule has 110 valence electrons. The predicted molar refractivity (Wildman–Crippen MR) is 94.5 cm³/mol. The quantitative estimate of drug-likeness (QED) is 0.694. The Morgan fingerprint density at radius 2 is 1.50 bits per heavy atom. The average molecular weight is 287 g/mol. The Kier molecular flexibility index (Phi) is 3.34. The van der Waals surface area contributed by atoms with Gasteiger partial charge in [-0.2, -0.15) is 0 Å². The first-order chi connectivity index (χ1) is 10.8. The van der Waals surface area contributed by atoms with Crippen LogP contribution in [0.15, 0.2) is 54.6 Å². The van der Waals surface area contributed by atoms with Gasteiger partial charge in [0.05, 0.1) is 0 Å². The SMILES string of the molecule is Cc1c(NCc2ccccc2)c2c(c3ccccc13)CCC2. The molecular formula is C21H21N. The van der Waals surface area contributed by atoms with E-state index in [0.29, 0.717) is 0 Å². The van der Waals surface area contributed by atoms with Crippen molar-refractivity contribution in [3.63, 3.8) is 0 Å². The van der Waals surface area contributed by atoms with Gasteiger partial charge in [-0.05, 0) is 59.2 Å². The summed E-state index contributed by atoms with van der Waals surface area (Å²) < 4.78 is 0. The molecule has 22 heavy (non-hydrogen) atoms. The average Bonchev–Trinajstić information content (AvgIpc) is 3.05. The lowest BCUT2D eigenvalue weighted by Gasteiger charge is -2.18. The van der Waals surface area contributed by atoms with Gasteiger partial charge in [-0.1, -0.05) is 54.6 Å². The van der Waals surface area contributed by atoms with Crippen molar-refractivity contribution in [2.24, 2.45) is 0 Å². The molecule has 0 aliphatic heterocycles. The van der Waals surface area contributed by atoms with E-state index in [4.69, 9.17) is 0 Å². The van der Waals surface area contributed by atoms with Crippen molar-refractivity contribution >= 4 is 16.5 Å². The zero-order valence-corrected chi connectivity index (χ0v) is 13.0. The highest BCUT2D eigenvalue weighted by Gasteiger charge is 2.20. The molecule has 0 spiro atoms. The first-order valence-electron chi connectivity index (χ1n) is 8.15. The standard InChI is InChI=1S/C21H21N/c1-15-17-10-5-6-11-18(17)19-12-7-13-20(19)21(15)22-14-16-8-3-2-4-9-16/h2-6,8-11,22H,7,12-14H2,1H3. The van der Waals surface area contributed by atoms with Crippen LogP contribution in [0.3, 0.4) is 0 Å². The van der Waals surface area contributed by atoms with Crippen LogP contribution >= 0.6 is 0 Å². The Balaban J connectivity index is 1.79. The van der Waals surface area contributed by atoms with Gasteiger partial charge < -0.3 is 5.32 Å². The summed E-state index contributed by atoms with van der Waals surface area (Å²) >= 11 is 0. The molecule has 0 amide bonds. The lowest BCUT2D eigenvalue weighted by molar-refractivity contribution is 0.912. The van der Waals surface area contributed by atoms with Gasteiger partial charge in [0.25, 0.3) is 0 Å². The molecule has 1 heteroatoms. The molecule has 3 aromatic rings. The smallest absolute Gasteiger partial charge is 0.0414 e. The topological polar surface area (TPSA) is 12.0 Å². The van der Waals surface area contributed by atoms with Crippen LogP contribution in [0, 0.1) is 6.92 Å². The Hall–Kier alpha value is -2.28. The highest BCUT2D eigenvalue weighted by atomic mass is 14.9. The second kappa shape index (κ2) is 5.49. The molecule has 0 aromatic heterocycles. The molecule has 1 N–H and O–H groups in total. The van der Waals surface area contributed by atoms with Crippen molar-refractivity contribution in [3.05, 3.63) is 76.9 Å². The lowest BCUT2D eigenvalue weighted by atomic mass is 9.94.